The van der Waals surface area contributed by atoms with Gasteiger partial charge in [0, 0.05) is 31.6 Å². The Morgan fingerprint density at radius 3 is 2.16 bits per heavy atom. The third kappa shape index (κ3) is 4.50. The Bertz CT molecular complexity index is 387. The zero-order chi connectivity index (χ0) is 14.5. The first-order chi connectivity index (χ1) is 8.91. The predicted molar refractivity (Wildman–Crippen MR) is 77.6 cm³/mol. The molecule has 0 N–H and O–H groups in total. The topological polar surface area (TPSA) is 3.24 Å². The smallest absolute Gasteiger partial charge is 0.251 e. The minimum absolute atomic E-state index is 0.125. The number of nitrogens with zero attached hydrogens (tertiary/aromatic N) is 1. The van der Waals surface area contributed by atoms with Crippen LogP contribution in [0.2, 0.25) is 0 Å². The van der Waals surface area contributed by atoms with Crippen LogP contribution in [0.3, 0.4) is 0 Å². The van der Waals surface area contributed by atoms with E-state index in [1.807, 2.05) is 24.0 Å². The molecule has 0 spiro atoms. The summed E-state index contributed by atoms with van der Waals surface area (Å²) in [5.41, 5.74) is 1.73. The second-order valence-electron chi connectivity index (χ2n) is 4.60. The zero-order valence-corrected chi connectivity index (χ0v) is 12.0. The summed E-state index contributed by atoms with van der Waals surface area (Å²) in [5.74, 6) is -2.55. The zero-order valence-electron chi connectivity index (χ0n) is 11.2. The molecule has 0 aliphatic carbocycles. The van der Waals surface area contributed by atoms with Gasteiger partial charge in [0.2, 0.25) is 0 Å². The molecule has 19 heavy (non-hydrogen) atoms. The van der Waals surface area contributed by atoms with Gasteiger partial charge >= 0.3 is 0 Å². The van der Waals surface area contributed by atoms with E-state index in [-0.39, 0.29) is 18.2 Å². The number of piperidine rings is 1. The highest BCUT2D eigenvalue weighted by Gasteiger charge is 2.35. The number of rotatable bonds is 5. The van der Waals surface area contributed by atoms with Crippen LogP contribution >= 0.6 is 11.6 Å². The molecule has 0 saturated carbocycles. The lowest BCUT2D eigenvalue weighted by molar-refractivity contribution is -0.0486. The number of hydrogen-bond acceptors (Lipinski definition) is 1. The second-order valence-corrected chi connectivity index (χ2v) is 5.26. The summed E-state index contributed by atoms with van der Waals surface area (Å²) in [6.45, 7) is 9.85. The van der Waals surface area contributed by atoms with E-state index in [9.17, 15) is 8.78 Å². The monoisotopic (exact) mass is 287 g/mol. The van der Waals surface area contributed by atoms with E-state index in [1.165, 1.54) is 0 Å². The lowest BCUT2D eigenvalue weighted by atomic mass is 10.0. The van der Waals surface area contributed by atoms with Crippen molar-refractivity contribution < 1.29 is 8.78 Å². The maximum atomic E-state index is 13.2. The van der Waals surface area contributed by atoms with Gasteiger partial charge in [-0.25, -0.2) is 8.78 Å². The fourth-order valence-electron chi connectivity index (χ4n) is 2.12. The molecule has 0 amide bonds. The van der Waals surface area contributed by atoms with E-state index in [1.54, 1.807) is 12.2 Å². The Kier molecular flexibility index (Phi) is 5.80. The van der Waals surface area contributed by atoms with Crippen LogP contribution in [0.5, 0.6) is 0 Å². The summed E-state index contributed by atoms with van der Waals surface area (Å²) < 4.78 is 26.4. The van der Waals surface area contributed by atoms with E-state index in [2.05, 4.69) is 13.2 Å². The average Bonchev–Trinajstić information content (AvgIpc) is 2.34. The Hall–Kier alpha value is -1.09. The lowest BCUT2D eigenvalue weighted by Crippen LogP contribution is -2.39. The summed E-state index contributed by atoms with van der Waals surface area (Å²) >= 11 is 6.16. The summed E-state index contributed by atoms with van der Waals surface area (Å²) in [4.78, 5) is 1.94. The highest BCUT2D eigenvalue weighted by Crippen LogP contribution is 2.32. The average molecular weight is 288 g/mol. The van der Waals surface area contributed by atoms with E-state index in [0.717, 1.165) is 11.3 Å². The van der Waals surface area contributed by atoms with Crippen LogP contribution in [0.15, 0.2) is 48.7 Å². The van der Waals surface area contributed by atoms with Crippen molar-refractivity contribution in [2.24, 2.45) is 0 Å². The Morgan fingerprint density at radius 1 is 1.21 bits per heavy atom. The van der Waals surface area contributed by atoms with Gasteiger partial charge in [0.25, 0.3) is 5.92 Å². The third-order valence-electron chi connectivity index (χ3n) is 3.13. The van der Waals surface area contributed by atoms with Gasteiger partial charge in [-0.3, -0.25) is 0 Å². The van der Waals surface area contributed by atoms with Crippen molar-refractivity contribution in [3.8, 4) is 0 Å². The molecule has 0 bridgehead atoms. The standard InChI is InChI=1S/C15H20ClF2N/c1-4-6-13(12(3)16)14(7-5-2)19-10-8-15(17,18)9-11-19/h4-7,12H,1-2,8-11H2,3H3/b13-6+,14-7+/t12-/m1/s1. The fourth-order valence-corrected chi connectivity index (χ4v) is 2.30. The number of likely N-dealkylation sites (tertiary alicyclic amines) is 1. The van der Waals surface area contributed by atoms with Crippen molar-refractivity contribution in [2.45, 2.75) is 31.1 Å². The van der Waals surface area contributed by atoms with Crippen molar-refractivity contribution in [3.63, 3.8) is 0 Å². The highest BCUT2D eigenvalue weighted by molar-refractivity contribution is 6.22. The van der Waals surface area contributed by atoms with Gasteiger partial charge in [-0.1, -0.05) is 31.4 Å². The molecule has 106 valence electrons. The summed E-state index contributed by atoms with van der Waals surface area (Å²) in [7, 11) is 0. The predicted octanol–water partition coefficient (Wildman–Crippen LogP) is 4.53. The Balaban J connectivity index is 2.96. The molecule has 0 unspecified atom stereocenters. The summed E-state index contributed by atoms with van der Waals surface area (Å²) in [6.07, 6.45) is 6.69. The molecule has 1 nitrogen and oxygen atoms in total. The van der Waals surface area contributed by atoms with Gasteiger partial charge in [0.05, 0.1) is 5.38 Å². The van der Waals surface area contributed by atoms with Crippen molar-refractivity contribution >= 4 is 11.6 Å². The molecule has 1 aliphatic heterocycles. The Labute approximate surface area is 118 Å². The number of hydrogen-bond donors (Lipinski definition) is 0. The van der Waals surface area contributed by atoms with Crippen molar-refractivity contribution in [1.29, 1.82) is 0 Å². The first-order valence-corrected chi connectivity index (χ1v) is 6.77. The second kappa shape index (κ2) is 6.90. The molecule has 4 heteroatoms. The van der Waals surface area contributed by atoms with Crippen molar-refractivity contribution in [1.82, 2.24) is 4.90 Å². The fraction of sp³-hybridized carbons (Fsp3) is 0.467. The molecular formula is C15H20ClF2N. The first kappa shape index (κ1) is 16.0. The molecule has 0 aromatic carbocycles. The molecule has 1 aliphatic rings. The molecular weight excluding hydrogens is 268 g/mol. The summed E-state index contributed by atoms with van der Waals surface area (Å²) in [5, 5.41) is -0.216. The van der Waals surface area contributed by atoms with Crippen molar-refractivity contribution in [3.05, 3.63) is 48.7 Å². The van der Waals surface area contributed by atoms with Gasteiger partial charge < -0.3 is 4.90 Å². The minimum atomic E-state index is -2.55. The van der Waals surface area contributed by atoms with Crippen LogP contribution < -0.4 is 0 Å². The number of allylic oxidation sites excluding steroid dienone is 5. The van der Waals surface area contributed by atoms with Crippen LogP contribution in [-0.2, 0) is 0 Å². The normalized spacial score (nSPS) is 22.0. The minimum Gasteiger partial charge on any atom is -0.371 e. The van der Waals surface area contributed by atoms with Crippen LogP contribution in [0.4, 0.5) is 8.78 Å². The molecule has 0 aromatic heterocycles. The Morgan fingerprint density at radius 2 is 1.74 bits per heavy atom. The lowest BCUT2D eigenvalue weighted by Gasteiger charge is -2.36. The van der Waals surface area contributed by atoms with E-state index in [4.69, 9.17) is 11.6 Å². The number of halogens is 3. The van der Waals surface area contributed by atoms with E-state index >= 15 is 0 Å². The van der Waals surface area contributed by atoms with Gasteiger partial charge in [-0.05, 0) is 18.6 Å². The van der Waals surface area contributed by atoms with E-state index in [0.29, 0.717) is 13.1 Å². The quantitative estimate of drug-likeness (QED) is 0.530. The van der Waals surface area contributed by atoms with Gasteiger partial charge in [-0.2, -0.15) is 0 Å². The SMILES string of the molecule is C=C/C=C(/C(=C\C=C)N1CCC(F)(F)CC1)[C@@H](C)Cl. The molecule has 1 fully saturated rings. The van der Waals surface area contributed by atoms with Crippen LogP contribution in [0, 0.1) is 0 Å². The molecule has 0 aromatic rings. The van der Waals surface area contributed by atoms with Gasteiger partial charge in [0.15, 0.2) is 0 Å². The van der Waals surface area contributed by atoms with Crippen LogP contribution in [-0.4, -0.2) is 29.3 Å². The third-order valence-corrected chi connectivity index (χ3v) is 3.37. The van der Waals surface area contributed by atoms with Crippen LogP contribution in [0.25, 0.3) is 0 Å². The maximum absolute atomic E-state index is 13.2. The molecule has 1 heterocycles. The highest BCUT2D eigenvalue weighted by atomic mass is 35.5. The molecule has 1 saturated heterocycles. The largest absolute Gasteiger partial charge is 0.371 e. The van der Waals surface area contributed by atoms with E-state index < -0.39 is 5.92 Å². The molecule has 1 rings (SSSR count). The van der Waals surface area contributed by atoms with Gasteiger partial charge in [-0.15, -0.1) is 11.6 Å². The summed E-state index contributed by atoms with van der Waals surface area (Å²) in [6, 6.07) is 0. The van der Waals surface area contributed by atoms with Gasteiger partial charge in [0.1, 0.15) is 0 Å². The van der Waals surface area contributed by atoms with Crippen LogP contribution in [0.1, 0.15) is 19.8 Å². The molecule has 0 radical (unpaired) electrons. The maximum Gasteiger partial charge on any atom is 0.251 e. The molecule has 1 atom stereocenters. The number of alkyl halides is 3. The van der Waals surface area contributed by atoms with Crippen molar-refractivity contribution in [2.75, 3.05) is 13.1 Å². The first-order valence-electron chi connectivity index (χ1n) is 6.34.